The minimum atomic E-state index is 0.459. The van der Waals surface area contributed by atoms with Crippen LogP contribution in [0.5, 0.6) is 5.75 Å². The zero-order valence-corrected chi connectivity index (χ0v) is 11.9. The first-order valence-corrected chi connectivity index (χ1v) is 6.65. The van der Waals surface area contributed by atoms with Crippen molar-refractivity contribution in [1.82, 2.24) is 4.98 Å². The molecule has 0 unspecified atom stereocenters. The van der Waals surface area contributed by atoms with Crippen LogP contribution in [0.4, 0.5) is 0 Å². The molecule has 1 aromatic heterocycles. The summed E-state index contributed by atoms with van der Waals surface area (Å²) < 4.78 is 5.61. The Labute approximate surface area is 119 Å². The number of benzene rings is 1. The second kappa shape index (κ2) is 9.72. The number of quaternary nitrogens is 1. The normalized spacial score (nSPS) is 9.95. The molecule has 1 heterocycles. The highest BCUT2D eigenvalue weighted by Crippen LogP contribution is 2.14. The lowest BCUT2D eigenvalue weighted by Crippen LogP contribution is -2.73. The maximum absolute atomic E-state index is 8.55. The number of hydroxylamine groups is 1. The van der Waals surface area contributed by atoms with Crippen LogP contribution in [-0.4, -0.2) is 10.2 Å². The van der Waals surface area contributed by atoms with Gasteiger partial charge in [-0.3, -0.25) is 4.98 Å². The highest BCUT2D eigenvalue weighted by molar-refractivity contribution is 5.49. The molecule has 0 spiro atoms. The van der Waals surface area contributed by atoms with E-state index in [-0.39, 0.29) is 0 Å². The molecule has 0 saturated heterocycles. The van der Waals surface area contributed by atoms with Crippen molar-refractivity contribution in [3.05, 3.63) is 66.1 Å². The largest absolute Gasteiger partial charge is 0.487 e. The zero-order valence-electron chi connectivity index (χ0n) is 11.9. The van der Waals surface area contributed by atoms with E-state index in [1.807, 2.05) is 62.4 Å². The van der Waals surface area contributed by atoms with E-state index in [1.54, 1.807) is 12.4 Å². The number of aromatic nitrogens is 1. The average Bonchev–Trinajstić information content (AvgIpc) is 2.55. The van der Waals surface area contributed by atoms with Gasteiger partial charge in [-0.05, 0) is 29.8 Å². The van der Waals surface area contributed by atoms with E-state index >= 15 is 0 Å². The number of hydrogen-bond donors (Lipinski definition) is 2. The summed E-state index contributed by atoms with van der Waals surface area (Å²) >= 11 is 0. The van der Waals surface area contributed by atoms with Crippen molar-refractivity contribution in [3.8, 4) is 5.75 Å². The Hall–Kier alpha value is -2.17. The predicted molar refractivity (Wildman–Crippen MR) is 79.1 cm³/mol. The third-order valence-electron chi connectivity index (χ3n) is 2.37. The van der Waals surface area contributed by atoms with Gasteiger partial charge in [0.15, 0.2) is 0 Å². The first-order chi connectivity index (χ1) is 9.88. The van der Waals surface area contributed by atoms with Gasteiger partial charge in [-0.25, -0.2) is 5.21 Å². The second-order valence-electron chi connectivity index (χ2n) is 3.69. The Morgan fingerprint density at radius 2 is 1.90 bits per heavy atom. The number of ether oxygens (including phenoxy) is 1. The zero-order chi connectivity index (χ0) is 14.6. The van der Waals surface area contributed by atoms with Crippen LogP contribution in [0.15, 0.2) is 54.9 Å². The molecule has 0 radical (unpaired) electrons. The van der Waals surface area contributed by atoms with Gasteiger partial charge < -0.3 is 4.74 Å². The van der Waals surface area contributed by atoms with Gasteiger partial charge in [-0.2, -0.15) is 5.48 Å². The van der Waals surface area contributed by atoms with Crippen LogP contribution in [0.25, 0.3) is 6.08 Å². The Balaban J connectivity index is 0.000000956. The summed E-state index contributed by atoms with van der Waals surface area (Å²) in [6.45, 7) is 4.46. The van der Waals surface area contributed by atoms with Gasteiger partial charge in [-0.15, -0.1) is 0 Å². The molecule has 3 N–H and O–H groups in total. The summed E-state index contributed by atoms with van der Waals surface area (Å²) in [5.41, 5.74) is 2.91. The molecule has 0 aliphatic carbocycles. The minimum Gasteiger partial charge on any atom is -0.487 e. The van der Waals surface area contributed by atoms with Gasteiger partial charge in [0.25, 0.3) is 0 Å². The highest BCUT2D eigenvalue weighted by atomic mass is 16.5. The fourth-order valence-corrected chi connectivity index (χ4v) is 1.47. The Kier molecular flexibility index (Phi) is 7.72. The van der Waals surface area contributed by atoms with Crippen LogP contribution in [-0.2, 0) is 6.61 Å². The number of rotatable bonds is 5. The molecule has 4 nitrogen and oxygen atoms in total. The number of nitrogens with zero attached hydrogens (tertiary/aromatic N) is 1. The molecule has 20 heavy (non-hydrogen) atoms. The van der Waals surface area contributed by atoms with Gasteiger partial charge in [0.1, 0.15) is 18.6 Å². The molecule has 1 aromatic carbocycles. The number of nitrogens with two attached hydrogens (primary N) is 1. The Morgan fingerprint density at radius 3 is 2.50 bits per heavy atom. The van der Waals surface area contributed by atoms with E-state index < -0.39 is 0 Å². The summed E-state index contributed by atoms with van der Waals surface area (Å²) in [5.74, 6) is 0.797. The predicted octanol–water partition coefficient (Wildman–Crippen LogP) is 2.61. The summed E-state index contributed by atoms with van der Waals surface area (Å²) in [4.78, 5) is 4.18. The highest BCUT2D eigenvalue weighted by Gasteiger charge is 1.96. The summed E-state index contributed by atoms with van der Waals surface area (Å²) in [5, 5.41) is 8.55. The van der Waals surface area contributed by atoms with Gasteiger partial charge >= 0.3 is 0 Å². The van der Waals surface area contributed by atoms with Crippen LogP contribution >= 0.6 is 0 Å². The fraction of sp³-hybridized carbons (Fsp3) is 0.188. The first-order valence-electron chi connectivity index (χ1n) is 6.65. The maximum Gasteiger partial charge on any atom is 0.130 e. The molecule has 0 amide bonds. The molecule has 4 heteroatoms. The van der Waals surface area contributed by atoms with Crippen LogP contribution in [0.2, 0.25) is 0 Å². The van der Waals surface area contributed by atoms with Gasteiger partial charge in [0.05, 0.1) is 5.69 Å². The average molecular weight is 273 g/mol. The SMILES string of the molecule is CC.O[NH2+]/C=C/c1ccc(OCc2ccccn2)cc1. The molecule has 2 aromatic rings. The minimum absolute atomic E-state index is 0.459. The van der Waals surface area contributed by atoms with Gasteiger partial charge in [0.2, 0.25) is 0 Å². The topological polar surface area (TPSA) is 59.0 Å². The third-order valence-corrected chi connectivity index (χ3v) is 2.37. The van der Waals surface area contributed by atoms with Crippen LogP contribution in [0.3, 0.4) is 0 Å². The second-order valence-corrected chi connectivity index (χ2v) is 3.69. The van der Waals surface area contributed by atoms with E-state index in [4.69, 9.17) is 9.94 Å². The molecule has 0 saturated carbocycles. The van der Waals surface area contributed by atoms with Crippen molar-refractivity contribution in [1.29, 1.82) is 0 Å². The molecule has 0 aliphatic heterocycles. The van der Waals surface area contributed by atoms with Crippen LogP contribution < -0.4 is 10.2 Å². The van der Waals surface area contributed by atoms with Crippen molar-refractivity contribution in [2.24, 2.45) is 0 Å². The third kappa shape index (κ3) is 5.65. The molecule has 0 aliphatic rings. The lowest BCUT2D eigenvalue weighted by atomic mass is 10.2. The van der Waals surface area contributed by atoms with E-state index in [1.165, 1.54) is 0 Å². The monoisotopic (exact) mass is 273 g/mol. The van der Waals surface area contributed by atoms with E-state index in [2.05, 4.69) is 4.98 Å². The van der Waals surface area contributed by atoms with Gasteiger partial charge in [-0.1, -0.05) is 32.0 Å². The van der Waals surface area contributed by atoms with Crippen LogP contribution in [0, 0.1) is 0 Å². The standard InChI is InChI=1S/C14H14N2O2.C2H6/c17-16-10-8-12-4-6-14(7-5-12)18-11-13-3-1-2-9-15-13;1-2/h1-10,16-17H,11H2;1-2H3/p+1/b10-8+;. The van der Waals surface area contributed by atoms with E-state index in [0.717, 1.165) is 22.5 Å². The Morgan fingerprint density at radius 1 is 1.15 bits per heavy atom. The molecular formula is C16H21N2O2+. The molecule has 106 valence electrons. The quantitative estimate of drug-likeness (QED) is 0.823. The van der Waals surface area contributed by atoms with Crippen molar-refractivity contribution in [2.75, 3.05) is 0 Å². The number of pyridine rings is 1. The molecule has 2 rings (SSSR count). The summed E-state index contributed by atoms with van der Waals surface area (Å²) in [6, 6.07) is 13.4. The van der Waals surface area contributed by atoms with Crippen molar-refractivity contribution in [3.63, 3.8) is 0 Å². The smallest absolute Gasteiger partial charge is 0.130 e. The first kappa shape index (κ1) is 15.9. The summed E-state index contributed by atoms with van der Waals surface area (Å²) in [7, 11) is 0. The van der Waals surface area contributed by atoms with Crippen molar-refractivity contribution < 1.29 is 15.4 Å². The lowest BCUT2D eigenvalue weighted by molar-refractivity contribution is -0.837. The fourth-order valence-electron chi connectivity index (χ4n) is 1.47. The molecule has 0 fully saturated rings. The molecule has 0 atom stereocenters. The number of hydrogen-bond acceptors (Lipinski definition) is 3. The van der Waals surface area contributed by atoms with Gasteiger partial charge in [0, 0.05) is 12.3 Å². The summed E-state index contributed by atoms with van der Waals surface area (Å²) in [6.07, 6.45) is 5.13. The Bertz CT molecular complexity index is 496. The van der Waals surface area contributed by atoms with Crippen LogP contribution in [0.1, 0.15) is 25.1 Å². The van der Waals surface area contributed by atoms with Crippen molar-refractivity contribution >= 4 is 6.08 Å². The molecule has 0 bridgehead atoms. The van der Waals surface area contributed by atoms with E-state index in [9.17, 15) is 0 Å². The van der Waals surface area contributed by atoms with E-state index in [0.29, 0.717) is 6.61 Å². The lowest BCUT2D eigenvalue weighted by Gasteiger charge is -2.05. The maximum atomic E-state index is 8.55. The van der Waals surface area contributed by atoms with Crippen molar-refractivity contribution in [2.45, 2.75) is 20.5 Å². The molecular weight excluding hydrogens is 252 g/mol.